The van der Waals surface area contributed by atoms with Crippen molar-refractivity contribution in [3.63, 3.8) is 0 Å². The van der Waals surface area contributed by atoms with Gasteiger partial charge in [-0.05, 0) is 18.9 Å². The van der Waals surface area contributed by atoms with Crippen LogP contribution in [0.5, 0.6) is 5.88 Å². The van der Waals surface area contributed by atoms with Gasteiger partial charge in [0.1, 0.15) is 5.82 Å². The van der Waals surface area contributed by atoms with Crippen molar-refractivity contribution in [1.82, 2.24) is 4.98 Å². The zero-order chi connectivity index (χ0) is 14.0. The van der Waals surface area contributed by atoms with Crippen LogP contribution in [-0.2, 0) is 6.18 Å². The Hall–Kier alpha value is -1.50. The predicted molar refractivity (Wildman–Crippen MR) is 65.2 cm³/mol. The van der Waals surface area contributed by atoms with Crippen molar-refractivity contribution < 1.29 is 17.9 Å². The molecule has 0 aromatic carbocycles. The maximum atomic E-state index is 13.0. The lowest BCUT2D eigenvalue weighted by molar-refractivity contribution is -0.137. The van der Waals surface area contributed by atoms with E-state index in [1.54, 1.807) is 4.90 Å². The Bertz CT molecular complexity index is 442. The van der Waals surface area contributed by atoms with E-state index in [2.05, 4.69) is 4.98 Å². The molecule has 2 heterocycles. The van der Waals surface area contributed by atoms with Gasteiger partial charge in [-0.1, -0.05) is 0 Å². The highest BCUT2D eigenvalue weighted by atomic mass is 19.4. The second kappa shape index (κ2) is 5.24. The third-order valence-corrected chi connectivity index (χ3v) is 3.20. The molecule has 0 amide bonds. The Labute approximate surface area is 109 Å². The summed E-state index contributed by atoms with van der Waals surface area (Å²) in [6, 6.07) is 2.29. The third-order valence-electron chi connectivity index (χ3n) is 3.20. The van der Waals surface area contributed by atoms with Gasteiger partial charge in [-0.25, -0.2) is 0 Å². The van der Waals surface area contributed by atoms with Gasteiger partial charge in [0.05, 0.1) is 12.7 Å². The Morgan fingerprint density at radius 3 is 2.47 bits per heavy atom. The Balaban J connectivity index is 2.35. The number of ether oxygens (including phenoxy) is 1. The van der Waals surface area contributed by atoms with Crippen molar-refractivity contribution in [3.8, 4) is 5.88 Å². The summed E-state index contributed by atoms with van der Waals surface area (Å²) in [5.74, 6) is 0.108. The van der Waals surface area contributed by atoms with E-state index in [4.69, 9.17) is 10.5 Å². The number of anilines is 1. The number of piperidine rings is 1. The summed E-state index contributed by atoms with van der Waals surface area (Å²) >= 11 is 0. The first-order valence-electron chi connectivity index (χ1n) is 6.04. The van der Waals surface area contributed by atoms with Gasteiger partial charge in [-0.15, -0.1) is 0 Å². The molecule has 1 fully saturated rings. The molecular weight excluding hydrogens is 259 g/mol. The second-order valence-electron chi connectivity index (χ2n) is 4.55. The normalized spacial score (nSPS) is 17.6. The van der Waals surface area contributed by atoms with E-state index < -0.39 is 11.7 Å². The summed E-state index contributed by atoms with van der Waals surface area (Å²) in [5, 5.41) is 0. The topological polar surface area (TPSA) is 51.4 Å². The van der Waals surface area contributed by atoms with Gasteiger partial charge >= 0.3 is 6.18 Å². The smallest absolute Gasteiger partial charge is 0.419 e. The van der Waals surface area contributed by atoms with Crippen LogP contribution < -0.4 is 15.4 Å². The first kappa shape index (κ1) is 13.9. The minimum atomic E-state index is -4.42. The molecule has 2 rings (SSSR count). The van der Waals surface area contributed by atoms with Gasteiger partial charge in [0.15, 0.2) is 0 Å². The van der Waals surface area contributed by atoms with Crippen molar-refractivity contribution >= 4 is 5.82 Å². The molecule has 0 bridgehead atoms. The Morgan fingerprint density at radius 2 is 1.95 bits per heavy atom. The molecule has 0 atom stereocenters. The number of halogens is 3. The summed E-state index contributed by atoms with van der Waals surface area (Å²) in [4.78, 5) is 5.57. The highest BCUT2D eigenvalue weighted by Gasteiger charge is 2.36. The highest BCUT2D eigenvalue weighted by Crippen LogP contribution is 2.37. The number of rotatable bonds is 2. The molecule has 1 aromatic heterocycles. The summed E-state index contributed by atoms with van der Waals surface area (Å²) < 4.78 is 43.9. The number of alkyl halides is 3. The van der Waals surface area contributed by atoms with Gasteiger partial charge in [0, 0.05) is 25.2 Å². The molecule has 0 unspecified atom stereocenters. The van der Waals surface area contributed by atoms with E-state index in [0.29, 0.717) is 25.9 Å². The van der Waals surface area contributed by atoms with E-state index in [1.165, 1.54) is 13.2 Å². The van der Waals surface area contributed by atoms with Crippen LogP contribution in [0.25, 0.3) is 0 Å². The number of hydrogen-bond acceptors (Lipinski definition) is 4. The maximum absolute atomic E-state index is 13.0. The molecule has 0 radical (unpaired) electrons. The predicted octanol–water partition coefficient (Wildman–Crippen LogP) is 2.04. The SMILES string of the molecule is COc1ccc(C(F)(F)F)c(N2CCC(N)CC2)n1. The lowest BCUT2D eigenvalue weighted by Crippen LogP contribution is -2.40. The van der Waals surface area contributed by atoms with E-state index in [-0.39, 0.29) is 17.7 Å². The van der Waals surface area contributed by atoms with Gasteiger partial charge in [0.2, 0.25) is 5.88 Å². The number of nitrogens with zero attached hydrogens (tertiary/aromatic N) is 2. The third kappa shape index (κ3) is 3.09. The average Bonchev–Trinajstić information content (AvgIpc) is 2.38. The summed E-state index contributed by atoms with van der Waals surface area (Å²) in [7, 11) is 1.38. The van der Waals surface area contributed by atoms with Crippen LogP contribution in [0.3, 0.4) is 0 Å². The van der Waals surface area contributed by atoms with Crippen LogP contribution in [0.2, 0.25) is 0 Å². The fourth-order valence-electron chi connectivity index (χ4n) is 2.12. The zero-order valence-corrected chi connectivity index (χ0v) is 10.6. The van der Waals surface area contributed by atoms with Crippen molar-refractivity contribution in [2.24, 2.45) is 5.73 Å². The van der Waals surface area contributed by atoms with Crippen LogP contribution in [0.15, 0.2) is 12.1 Å². The summed E-state index contributed by atoms with van der Waals surface area (Å²) in [5.41, 5.74) is 5.03. The average molecular weight is 275 g/mol. The first-order valence-corrected chi connectivity index (χ1v) is 6.04. The van der Waals surface area contributed by atoms with Crippen molar-refractivity contribution in [3.05, 3.63) is 17.7 Å². The number of nitrogens with two attached hydrogens (primary N) is 1. The van der Waals surface area contributed by atoms with Gasteiger partial charge in [-0.2, -0.15) is 18.2 Å². The lowest BCUT2D eigenvalue weighted by atomic mass is 10.1. The van der Waals surface area contributed by atoms with E-state index in [0.717, 1.165) is 6.07 Å². The number of methoxy groups -OCH3 is 1. The van der Waals surface area contributed by atoms with Crippen molar-refractivity contribution in [2.45, 2.75) is 25.1 Å². The van der Waals surface area contributed by atoms with Crippen molar-refractivity contribution in [1.29, 1.82) is 0 Å². The molecule has 1 aliphatic rings. The minimum Gasteiger partial charge on any atom is -0.481 e. The number of pyridine rings is 1. The van der Waals surface area contributed by atoms with E-state index in [1.807, 2.05) is 0 Å². The van der Waals surface area contributed by atoms with E-state index >= 15 is 0 Å². The quantitative estimate of drug-likeness (QED) is 0.897. The number of hydrogen-bond donors (Lipinski definition) is 1. The van der Waals surface area contributed by atoms with Crippen LogP contribution in [0, 0.1) is 0 Å². The van der Waals surface area contributed by atoms with Gasteiger partial charge in [0.25, 0.3) is 0 Å². The molecule has 106 valence electrons. The maximum Gasteiger partial charge on any atom is 0.419 e. The van der Waals surface area contributed by atoms with Gasteiger partial charge < -0.3 is 15.4 Å². The van der Waals surface area contributed by atoms with Crippen LogP contribution in [0.1, 0.15) is 18.4 Å². The number of aromatic nitrogens is 1. The first-order chi connectivity index (χ1) is 8.91. The molecular formula is C12H16F3N3O. The molecule has 2 N–H and O–H groups in total. The molecule has 1 aliphatic heterocycles. The molecule has 0 spiro atoms. The van der Waals surface area contributed by atoms with Crippen LogP contribution in [-0.4, -0.2) is 31.2 Å². The molecule has 0 saturated carbocycles. The van der Waals surface area contributed by atoms with E-state index in [9.17, 15) is 13.2 Å². The van der Waals surface area contributed by atoms with Crippen molar-refractivity contribution in [2.75, 3.05) is 25.1 Å². The Kier molecular flexibility index (Phi) is 3.84. The lowest BCUT2D eigenvalue weighted by Gasteiger charge is -2.32. The monoisotopic (exact) mass is 275 g/mol. The fourth-order valence-corrected chi connectivity index (χ4v) is 2.12. The molecule has 7 heteroatoms. The molecule has 19 heavy (non-hydrogen) atoms. The standard InChI is InChI=1S/C12H16F3N3O/c1-19-10-3-2-9(12(13,14)15)11(17-10)18-6-4-8(16)5-7-18/h2-3,8H,4-7,16H2,1H3. The fraction of sp³-hybridized carbons (Fsp3) is 0.583. The molecule has 0 aliphatic carbocycles. The van der Waals surface area contributed by atoms with Crippen LogP contribution >= 0.6 is 0 Å². The summed E-state index contributed by atoms with van der Waals surface area (Å²) in [6.07, 6.45) is -3.10. The Morgan fingerprint density at radius 1 is 1.32 bits per heavy atom. The van der Waals surface area contributed by atoms with Crippen LogP contribution in [0.4, 0.5) is 19.0 Å². The minimum absolute atomic E-state index is 0.0520. The highest BCUT2D eigenvalue weighted by molar-refractivity contribution is 5.51. The van der Waals surface area contributed by atoms with Gasteiger partial charge in [-0.3, -0.25) is 0 Å². The largest absolute Gasteiger partial charge is 0.481 e. The second-order valence-corrected chi connectivity index (χ2v) is 4.55. The molecule has 1 saturated heterocycles. The molecule has 1 aromatic rings. The molecule has 4 nitrogen and oxygen atoms in total. The summed E-state index contributed by atoms with van der Waals surface area (Å²) in [6.45, 7) is 0.953. The zero-order valence-electron chi connectivity index (χ0n) is 10.6.